The van der Waals surface area contributed by atoms with Crippen LogP contribution in [0.2, 0.25) is 0 Å². The second-order valence-corrected chi connectivity index (χ2v) is 7.32. The quantitative estimate of drug-likeness (QED) is 0.694. The van der Waals surface area contributed by atoms with Gasteiger partial charge in [-0.05, 0) is 31.0 Å². The predicted octanol–water partition coefficient (Wildman–Crippen LogP) is 2.11. The Morgan fingerprint density at radius 1 is 1.04 bits per heavy atom. The van der Waals surface area contributed by atoms with Crippen molar-refractivity contribution in [2.75, 3.05) is 18.0 Å². The van der Waals surface area contributed by atoms with E-state index in [1.54, 1.807) is 35.5 Å². The van der Waals surface area contributed by atoms with E-state index in [0.717, 1.165) is 35.9 Å². The van der Waals surface area contributed by atoms with Crippen LogP contribution >= 0.6 is 0 Å². The Bertz CT molecular complexity index is 1010. The Kier molecular flexibility index (Phi) is 3.92. The summed E-state index contributed by atoms with van der Waals surface area (Å²) in [5, 5.41) is 4.54. The van der Waals surface area contributed by atoms with Gasteiger partial charge in [0.05, 0.1) is 12.2 Å². The Morgan fingerprint density at radius 3 is 2.63 bits per heavy atom. The van der Waals surface area contributed by atoms with Gasteiger partial charge in [-0.25, -0.2) is 14.6 Å². The van der Waals surface area contributed by atoms with Crippen molar-refractivity contribution in [2.24, 2.45) is 5.92 Å². The summed E-state index contributed by atoms with van der Waals surface area (Å²) in [4.78, 5) is 27.3. The Balaban J connectivity index is 1.27. The number of hydrogen-bond acceptors (Lipinski definition) is 6. The highest BCUT2D eigenvalue weighted by Gasteiger charge is 2.31. The second-order valence-electron chi connectivity index (χ2n) is 7.32. The van der Waals surface area contributed by atoms with E-state index in [-0.39, 0.29) is 5.56 Å². The summed E-state index contributed by atoms with van der Waals surface area (Å²) >= 11 is 0. The number of hydrogen-bond donors (Lipinski definition) is 0. The molecule has 7 heteroatoms. The first-order valence-corrected chi connectivity index (χ1v) is 9.32. The standard InChI is InChI=1S/C20H20N6O/c27-20-4-3-17(16-5-7-21-8-6-16)24-26(20)12-14-10-25(11-14)19-9-18(15-1-2-15)22-13-23-19/h3-9,13-15H,1-2,10-12H2. The van der Waals surface area contributed by atoms with Crippen LogP contribution in [-0.2, 0) is 6.54 Å². The second kappa shape index (κ2) is 6.57. The number of rotatable bonds is 5. The maximum absolute atomic E-state index is 12.2. The number of pyridine rings is 1. The van der Waals surface area contributed by atoms with Gasteiger partial charge in [0.1, 0.15) is 12.1 Å². The molecule has 4 heterocycles. The predicted molar refractivity (Wildman–Crippen MR) is 101 cm³/mol. The van der Waals surface area contributed by atoms with Crippen molar-refractivity contribution in [3.05, 3.63) is 65.1 Å². The van der Waals surface area contributed by atoms with Crippen molar-refractivity contribution in [3.8, 4) is 11.3 Å². The average molecular weight is 360 g/mol. The van der Waals surface area contributed by atoms with Gasteiger partial charge in [-0.15, -0.1) is 0 Å². The molecule has 0 atom stereocenters. The van der Waals surface area contributed by atoms with Gasteiger partial charge in [0.2, 0.25) is 0 Å². The van der Waals surface area contributed by atoms with Gasteiger partial charge in [0, 0.05) is 60.7 Å². The normalized spacial score (nSPS) is 17.0. The van der Waals surface area contributed by atoms with E-state index in [2.05, 4.69) is 31.0 Å². The largest absolute Gasteiger partial charge is 0.356 e. The maximum Gasteiger partial charge on any atom is 0.266 e. The van der Waals surface area contributed by atoms with Crippen molar-refractivity contribution >= 4 is 5.82 Å². The first-order chi connectivity index (χ1) is 13.3. The summed E-state index contributed by atoms with van der Waals surface area (Å²) in [6, 6.07) is 9.26. The van der Waals surface area contributed by atoms with Crippen molar-refractivity contribution in [3.63, 3.8) is 0 Å². The van der Waals surface area contributed by atoms with Gasteiger partial charge in [0.15, 0.2) is 0 Å². The maximum atomic E-state index is 12.2. The highest BCUT2D eigenvalue weighted by atomic mass is 16.1. The summed E-state index contributed by atoms with van der Waals surface area (Å²) in [6.45, 7) is 2.39. The topological polar surface area (TPSA) is 76.8 Å². The molecule has 1 saturated carbocycles. The molecule has 136 valence electrons. The highest BCUT2D eigenvalue weighted by Crippen LogP contribution is 2.39. The lowest BCUT2D eigenvalue weighted by atomic mass is 10.00. The highest BCUT2D eigenvalue weighted by molar-refractivity contribution is 5.57. The number of aromatic nitrogens is 5. The molecule has 3 aromatic heterocycles. The molecule has 2 aliphatic rings. The zero-order valence-corrected chi connectivity index (χ0v) is 14.9. The lowest BCUT2D eigenvalue weighted by molar-refractivity contribution is 0.333. The van der Waals surface area contributed by atoms with Crippen LogP contribution in [0.3, 0.4) is 0 Å². The van der Waals surface area contributed by atoms with Gasteiger partial charge in [-0.2, -0.15) is 5.10 Å². The third kappa shape index (κ3) is 3.32. The molecule has 2 fully saturated rings. The molecule has 5 rings (SSSR count). The molecule has 1 saturated heterocycles. The van der Waals surface area contributed by atoms with Gasteiger partial charge < -0.3 is 4.90 Å². The van der Waals surface area contributed by atoms with Crippen LogP contribution in [0.25, 0.3) is 11.3 Å². The van der Waals surface area contributed by atoms with Gasteiger partial charge in [-0.3, -0.25) is 9.78 Å². The fourth-order valence-corrected chi connectivity index (χ4v) is 3.51. The summed E-state index contributed by atoms with van der Waals surface area (Å²) in [5.74, 6) is 2.01. The van der Waals surface area contributed by atoms with Crippen LogP contribution in [0.5, 0.6) is 0 Å². The van der Waals surface area contributed by atoms with E-state index in [1.165, 1.54) is 12.8 Å². The molecule has 1 aliphatic heterocycles. The minimum absolute atomic E-state index is 0.0655. The average Bonchev–Trinajstić information content (AvgIpc) is 3.52. The number of nitrogens with zero attached hydrogens (tertiary/aromatic N) is 6. The van der Waals surface area contributed by atoms with E-state index in [9.17, 15) is 4.79 Å². The van der Waals surface area contributed by atoms with Crippen LogP contribution in [-0.4, -0.2) is 37.8 Å². The molecule has 27 heavy (non-hydrogen) atoms. The van der Waals surface area contributed by atoms with Crippen molar-refractivity contribution in [1.82, 2.24) is 24.7 Å². The van der Waals surface area contributed by atoms with Crippen molar-refractivity contribution in [2.45, 2.75) is 25.3 Å². The van der Waals surface area contributed by atoms with Crippen molar-refractivity contribution in [1.29, 1.82) is 0 Å². The monoisotopic (exact) mass is 360 g/mol. The summed E-state index contributed by atoms with van der Waals surface area (Å²) in [7, 11) is 0. The van der Waals surface area contributed by atoms with Gasteiger partial charge in [0.25, 0.3) is 5.56 Å². The molecule has 0 aromatic carbocycles. The van der Waals surface area contributed by atoms with E-state index < -0.39 is 0 Å². The van der Waals surface area contributed by atoms with Gasteiger partial charge in [-0.1, -0.05) is 0 Å². The first kappa shape index (κ1) is 16.1. The molecular formula is C20H20N6O. The summed E-state index contributed by atoms with van der Waals surface area (Å²) < 4.78 is 1.58. The molecule has 0 unspecified atom stereocenters. The van der Waals surface area contributed by atoms with Gasteiger partial charge >= 0.3 is 0 Å². The minimum atomic E-state index is -0.0655. The molecule has 0 bridgehead atoms. The first-order valence-electron chi connectivity index (χ1n) is 9.32. The minimum Gasteiger partial charge on any atom is -0.356 e. The molecule has 0 amide bonds. The third-order valence-electron chi connectivity index (χ3n) is 5.22. The van der Waals surface area contributed by atoms with E-state index >= 15 is 0 Å². The lowest BCUT2D eigenvalue weighted by Gasteiger charge is -2.40. The smallest absolute Gasteiger partial charge is 0.266 e. The zero-order valence-electron chi connectivity index (χ0n) is 14.9. The summed E-state index contributed by atoms with van der Waals surface area (Å²) in [6.07, 6.45) is 7.60. The SMILES string of the molecule is O=c1ccc(-c2ccncc2)nn1CC1CN(c2cc(C3CC3)ncn2)C1. The molecule has 0 radical (unpaired) electrons. The fraction of sp³-hybridized carbons (Fsp3) is 0.350. The fourth-order valence-electron chi connectivity index (χ4n) is 3.51. The molecule has 7 nitrogen and oxygen atoms in total. The van der Waals surface area contributed by atoms with Crippen LogP contribution in [0.4, 0.5) is 5.82 Å². The Morgan fingerprint density at radius 2 is 1.85 bits per heavy atom. The van der Waals surface area contributed by atoms with E-state index in [4.69, 9.17) is 0 Å². The molecule has 0 spiro atoms. The van der Waals surface area contributed by atoms with E-state index in [0.29, 0.717) is 18.4 Å². The van der Waals surface area contributed by atoms with Crippen LogP contribution in [0.15, 0.2) is 53.8 Å². The Labute approximate surface area is 156 Å². The summed E-state index contributed by atoms with van der Waals surface area (Å²) in [5.41, 5.74) is 2.84. The molecule has 1 aliphatic carbocycles. The van der Waals surface area contributed by atoms with Crippen LogP contribution in [0.1, 0.15) is 24.5 Å². The van der Waals surface area contributed by atoms with Crippen molar-refractivity contribution < 1.29 is 0 Å². The molecule has 0 N–H and O–H groups in total. The zero-order chi connectivity index (χ0) is 18.2. The lowest BCUT2D eigenvalue weighted by Crippen LogP contribution is -2.50. The van der Waals surface area contributed by atoms with E-state index in [1.807, 2.05) is 12.1 Å². The Hall–Kier alpha value is -3.09. The molecular weight excluding hydrogens is 340 g/mol. The number of anilines is 1. The van der Waals surface area contributed by atoms with Crippen LogP contribution in [0, 0.1) is 5.92 Å². The third-order valence-corrected chi connectivity index (χ3v) is 5.22. The molecule has 3 aromatic rings. The van der Waals surface area contributed by atoms with Crippen LogP contribution < -0.4 is 10.5 Å².